The van der Waals surface area contributed by atoms with Gasteiger partial charge in [0.25, 0.3) is 0 Å². The van der Waals surface area contributed by atoms with Crippen LogP contribution >= 0.6 is 0 Å². The molecule has 3 atom stereocenters. The molecular formula is C30H42O5. The molecule has 1 aliphatic heterocycles. The molecule has 2 aliphatic rings. The number of cyclic esters (lactones) is 1. The van der Waals surface area contributed by atoms with Crippen molar-refractivity contribution in [2.75, 3.05) is 6.61 Å². The molecule has 1 heterocycles. The number of ether oxygens (including phenoxy) is 3. The molecule has 1 fully saturated rings. The Morgan fingerprint density at radius 1 is 1.00 bits per heavy atom. The molecule has 0 spiro atoms. The SMILES string of the molecule is CCCCCCCCOC1(OC(=O)c2ccccc2)C=CC([C@@H]2CC[C@@H](CCCC)C(=O)O2)=CC1. The number of esters is 2. The summed E-state index contributed by atoms with van der Waals surface area (Å²) in [5, 5.41) is 0. The van der Waals surface area contributed by atoms with E-state index in [1.165, 1.54) is 25.7 Å². The second-order valence-electron chi connectivity index (χ2n) is 9.77. The number of hydrogen-bond donors (Lipinski definition) is 0. The summed E-state index contributed by atoms with van der Waals surface area (Å²) in [6.45, 7) is 4.88. The van der Waals surface area contributed by atoms with Crippen LogP contribution in [-0.4, -0.2) is 30.4 Å². The Balaban J connectivity index is 1.60. The minimum absolute atomic E-state index is 0.0194. The van der Waals surface area contributed by atoms with Gasteiger partial charge in [0.1, 0.15) is 6.10 Å². The van der Waals surface area contributed by atoms with Gasteiger partial charge in [0.15, 0.2) is 0 Å². The molecule has 5 nitrogen and oxygen atoms in total. The van der Waals surface area contributed by atoms with Crippen molar-refractivity contribution < 1.29 is 23.8 Å². The summed E-state index contributed by atoms with van der Waals surface area (Å²) >= 11 is 0. The van der Waals surface area contributed by atoms with Gasteiger partial charge in [-0.25, -0.2) is 4.79 Å². The Morgan fingerprint density at radius 2 is 1.74 bits per heavy atom. The van der Waals surface area contributed by atoms with E-state index in [0.29, 0.717) is 18.6 Å². The maximum absolute atomic E-state index is 12.8. The summed E-state index contributed by atoms with van der Waals surface area (Å²) in [5.74, 6) is -1.61. The Labute approximate surface area is 210 Å². The van der Waals surface area contributed by atoms with Gasteiger partial charge in [-0.3, -0.25) is 4.79 Å². The van der Waals surface area contributed by atoms with Crippen LogP contribution in [0.1, 0.15) is 101 Å². The molecule has 1 unspecified atom stereocenters. The van der Waals surface area contributed by atoms with Gasteiger partial charge < -0.3 is 14.2 Å². The van der Waals surface area contributed by atoms with Gasteiger partial charge >= 0.3 is 11.9 Å². The zero-order valence-corrected chi connectivity index (χ0v) is 21.5. The van der Waals surface area contributed by atoms with E-state index in [4.69, 9.17) is 14.2 Å². The van der Waals surface area contributed by atoms with Crippen molar-refractivity contribution in [3.05, 3.63) is 59.7 Å². The number of carbonyl (C=O) groups is 2. The Kier molecular flexibility index (Phi) is 11.1. The third kappa shape index (κ3) is 8.34. The van der Waals surface area contributed by atoms with Crippen molar-refractivity contribution in [2.45, 2.75) is 103 Å². The van der Waals surface area contributed by atoms with E-state index in [2.05, 4.69) is 13.8 Å². The molecule has 0 saturated carbocycles. The van der Waals surface area contributed by atoms with Crippen LogP contribution in [0.15, 0.2) is 54.1 Å². The van der Waals surface area contributed by atoms with E-state index in [-0.39, 0.29) is 18.0 Å². The molecule has 1 aromatic rings. The topological polar surface area (TPSA) is 61.8 Å². The van der Waals surface area contributed by atoms with Crippen LogP contribution in [0.3, 0.4) is 0 Å². The zero-order chi connectivity index (χ0) is 24.9. The number of hydrogen-bond acceptors (Lipinski definition) is 5. The van der Waals surface area contributed by atoms with Crippen molar-refractivity contribution in [3.8, 4) is 0 Å². The normalized spacial score (nSPS) is 24.1. The quantitative estimate of drug-likeness (QED) is 0.158. The van der Waals surface area contributed by atoms with Crippen molar-refractivity contribution in [1.29, 1.82) is 0 Å². The monoisotopic (exact) mass is 482 g/mol. The van der Waals surface area contributed by atoms with Gasteiger partial charge in [-0.15, -0.1) is 0 Å². The summed E-state index contributed by atoms with van der Waals surface area (Å²) < 4.78 is 17.9. The largest absolute Gasteiger partial charge is 0.457 e. The minimum atomic E-state index is -1.14. The molecule has 0 amide bonds. The summed E-state index contributed by atoms with van der Waals surface area (Å²) in [5.41, 5.74) is 1.46. The van der Waals surface area contributed by atoms with E-state index in [9.17, 15) is 9.59 Å². The highest BCUT2D eigenvalue weighted by Gasteiger charge is 2.37. The first-order valence-electron chi connectivity index (χ1n) is 13.6. The van der Waals surface area contributed by atoms with Gasteiger partial charge in [0.2, 0.25) is 5.79 Å². The second kappa shape index (κ2) is 14.2. The zero-order valence-electron chi connectivity index (χ0n) is 21.5. The molecule has 192 valence electrons. The fourth-order valence-corrected chi connectivity index (χ4v) is 4.70. The lowest BCUT2D eigenvalue weighted by atomic mass is 9.88. The summed E-state index contributed by atoms with van der Waals surface area (Å²) in [4.78, 5) is 25.3. The number of unbranched alkanes of at least 4 members (excludes halogenated alkanes) is 6. The Morgan fingerprint density at radius 3 is 2.43 bits per heavy atom. The maximum Gasteiger partial charge on any atom is 0.340 e. The molecular weight excluding hydrogens is 440 g/mol. The molecule has 0 bridgehead atoms. The van der Waals surface area contributed by atoms with Crippen LogP contribution in [-0.2, 0) is 19.0 Å². The van der Waals surface area contributed by atoms with E-state index in [1.54, 1.807) is 12.1 Å². The summed E-state index contributed by atoms with van der Waals surface area (Å²) in [6, 6.07) is 9.00. The smallest absolute Gasteiger partial charge is 0.340 e. The van der Waals surface area contributed by atoms with E-state index >= 15 is 0 Å². The molecule has 0 N–H and O–H groups in total. The predicted octanol–water partition coefficient (Wildman–Crippen LogP) is 7.32. The molecule has 35 heavy (non-hydrogen) atoms. The van der Waals surface area contributed by atoms with Crippen LogP contribution in [0.25, 0.3) is 0 Å². The highest BCUT2D eigenvalue weighted by molar-refractivity contribution is 5.89. The third-order valence-corrected chi connectivity index (χ3v) is 6.92. The highest BCUT2D eigenvalue weighted by Crippen LogP contribution is 2.34. The van der Waals surface area contributed by atoms with E-state index in [0.717, 1.165) is 50.5 Å². The van der Waals surface area contributed by atoms with E-state index in [1.807, 2.05) is 36.4 Å². The van der Waals surface area contributed by atoms with Crippen molar-refractivity contribution >= 4 is 11.9 Å². The molecule has 0 aromatic heterocycles. The number of carbonyl (C=O) groups excluding carboxylic acids is 2. The average Bonchev–Trinajstić information content (AvgIpc) is 2.88. The first-order valence-corrected chi connectivity index (χ1v) is 13.6. The predicted molar refractivity (Wildman–Crippen MR) is 138 cm³/mol. The van der Waals surface area contributed by atoms with Crippen molar-refractivity contribution in [1.82, 2.24) is 0 Å². The lowest BCUT2D eigenvalue weighted by Gasteiger charge is -2.34. The van der Waals surface area contributed by atoms with Crippen LogP contribution in [0, 0.1) is 5.92 Å². The minimum Gasteiger partial charge on any atom is -0.457 e. The van der Waals surface area contributed by atoms with Crippen LogP contribution < -0.4 is 0 Å². The van der Waals surface area contributed by atoms with Gasteiger partial charge in [0.05, 0.1) is 18.1 Å². The second-order valence-corrected chi connectivity index (χ2v) is 9.77. The highest BCUT2D eigenvalue weighted by atomic mass is 16.7. The van der Waals surface area contributed by atoms with Gasteiger partial charge in [-0.1, -0.05) is 89.1 Å². The molecule has 1 aromatic carbocycles. The van der Waals surface area contributed by atoms with E-state index < -0.39 is 11.8 Å². The third-order valence-electron chi connectivity index (χ3n) is 6.92. The fraction of sp³-hybridized carbons (Fsp3) is 0.600. The van der Waals surface area contributed by atoms with Gasteiger partial charge in [0, 0.05) is 6.42 Å². The Hall–Kier alpha value is -2.40. The molecule has 1 saturated heterocycles. The first kappa shape index (κ1) is 27.2. The number of benzene rings is 1. The lowest BCUT2D eigenvalue weighted by Crippen LogP contribution is -2.39. The van der Waals surface area contributed by atoms with Crippen LogP contribution in [0.2, 0.25) is 0 Å². The van der Waals surface area contributed by atoms with Gasteiger partial charge in [-0.2, -0.15) is 0 Å². The maximum atomic E-state index is 12.8. The molecule has 0 radical (unpaired) electrons. The molecule has 3 rings (SSSR count). The molecule has 5 heteroatoms. The molecule has 1 aliphatic carbocycles. The van der Waals surface area contributed by atoms with Crippen LogP contribution in [0.5, 0.6) is 0 Å². The fourth-order valence-electron chi connectivity index (χ4n) is 4.70. The average molecular weight is 483 g/mol. The summed E-state index contributed by atoms with van der Waals surface area (Å²) in [7, 11) is 0. The van der Waals surface area contributed by atoms with Gasteiger partial charge in [-0.05, 0) is 49.5 Å². The Bertz CT molecular complexity index is 859. The number of rotatable bonds is 14. The lowest BCUT2D eigenvalue weighted by molar-refractivity contribution is -0.170. The van der Waals surface area contributed by atoms with Crippen LogP contribution in [0.4, 0.5) is 0 Å². The van der Waals surface area contributed by atoms with Crippen molar-refractivity contribution in [3.63, 3.8) is 0 Å². The first-order chi connectivity index (χ1) is 17.1. The standard InChI is InChI=1S/C30H42O5/c1-3-5-7-8-9-13-23-33-30(35-29(32)25-15-11-10-12-16-25)21-19-24(20-22-30)27-18-17-26(14-6-4-2)28(31)34-27/h10-12,15-16,19-21,26-27H,3-9,13-14,17-18,22-23H2,1-2H3/t26-,27+,30?/m1/s1. The summed E-state index contributed by atoms with van der Waals surface area (Å²) in [6.07, 6.45) is 17.6. The van der Waals surface area contributed by atoms with Crippen molar-refractivity contribution in [2.24, 2.45) is 5.92 Å².